The minimum absolute atomic E-state index is 0.471. The van der Waals surface area contributed by atoms with Gasteiger partial charge in [-0.1, -0.05) is 6.92 Å². The molecular formula is C17H30N6S. The SMILES string of the molecule is CN=C(NCCN1CCSCC1)N1CCC(C)C(n2ccnc2)C1. The molecule has 7 heteroatoms. The van der Waals surface area contributed by atoms with E-state index in [0.29, 0.717) is 12.0 Å². The number of thioether (sulfide) groups is 1. The Morgan fingerprint density at radius 3 is 2.88 bits per heavy atom. The molecule has 6 nitrogen and oxygen atoms in total. The summed E-state index contributed by atoms with van der Waals surface area (Å²) in [6.45, 7) is 8.92. The van der Waals surface area contributed by atoms with E-state index in [1.54, 1.807) is 0 Å². The monoisotopic (exact) mass is 350 g/mol. The molecule has 2 unspecified atom stereocenters. The summed E-state index contributed by atoms with van der Waals surface area (Å²) < 4.78 is 2.25. The second kappa shape index (κ2) is 8.76. The van der Waals surface area contributed by atoms with E-state index >= 15 is 0 Å². The van der Waals surface area contributed by atoms with Crippen LogP contribution in [0.3, 0.4) is 0 Å². The molecule has 0 radical (unpaired) electrons. The Labute approximate surface area is 149 Å². The van der Waals surface area contributed by atoms with Crippen molar-refractivity contribution in [2.75, 3.05) is 57.8 Å². The first-order valence-corrected chi connectivity index (χ1v) is 10.2. The van der Waals surface area contributed by atoms with Crippen LogP contribution in [0, 0.1) is 5.92 Å². The molecule has 2 aliphatic heterocycles. The van der Waals surface area contributed by atoms with Gasteiger partial charge in [0.15, 0.2) is 5.96 Å². The highest BCUT2D eigenvalue weighted by Crippen LogP contribution is 2.27. The third-order valence-electron chi connectivity index (χ3n) is 5.15. The fourth-order valence-electron chi connectivity index (χ4n) is 3.58. The Morgan fingerprint density at radius 2 is 2.17 bits per heavy atom. The normalized spacial score (nSPS) is 26.6. The zero-order chi connectivity index (χ0) is 16.8. The molecule has 1 aromatic rings. The Balaban J connectivity index is 1.51. The molecule has 3 heterocycles. The van der Waals surface area contributed by atoms with Gasteiger partial charge < -0.3 is 14.8 Å². The number of hydrogen-bond acceptors (Lipinski definition) is 4. The summed E-state index contributed by atoms with van der Waals surface area (Å²) in [7, 11) is 1.89. The van der Waals surface area contributed by atoms with Crippen LogP contribution in [0.5, 0.6) is 0 Å². The van der Waals surface area contributed by atoms with Crippen LogP contribution >= 0.6 is 11.8 Å². The summed E-state index contributed by atoms with van der Waals surface area (Å²) in [6, 6.07) is 0.471. The Kier molecular flexibility index (Phi) is 6.43. The highest BCUT2D eigenvalue weighted by atomic mass is 32.2. The molecule has 0 bridgehead atoms. The standard InChI is InChI=1S/C17H30N6S/c1-15-3-6-22(13-16(15)23-8-4-19-14-23)17(18-2)20-5-7-21-9-11-24-12-10-21/h4,8,14-16H,3,5-7,9-13H2,1-2H3,(H,18,20). The van der Waals surface area contributed by atoms with E-state index in [2.05, 4.69) is 54.5 Å². The van der Waals surface area contributed by atoms with E-state index < -0.39 is 0 Å². The molecule has 0 aliphatic carbocycles. The van der Waals surface area contributed by atoms with Crippen molar-refractivity contribution in [3.8, 4) is 0 Å². The number of aliphatic imine (C=N–C) groups is 1. The van der Waals surface area contributed by atoms with Crippen molar-refractivity contribution in [3.63, 3.8) is 0 Å². The summed E-state index contributed by atoms with van der Waals surface area (Å²) in [5.41, 5.74) is 0. The fourth-order valence-corrected chi connectivity index (χ4v) is 4.56. The van der Waals surface area contributed by atoms with Crippen molar-refractivity contribution in [2.24, 2.45) is 10.9 Å². The van der Waals surface area contributed by atoms with Gasteiger partial charge in [0.05, 0.1) is 12.4 Å². The van der Waals surface area contributed by atoms with Gasteiger partial charge in [-0.25, -0.2) is 4.98 Å². The average Bonchev–Trinajstić information content (AvgIpc) is 3.15. The van der Waals surface area contributed by atoms with Gasteiger partial charge in [-0.2, -0.15) is 11.8 Å². The fraction of sp³-hybridized carbons (Fsp3) is 0.765. The van der Waals surface area contributed by atoms with Crippen molar-refractivity contribution in [1.82, 2.24) is 24.7 Å². The lowest BCUT2D eigenvalue weighted by Gasteiger charge is -2.39. The maximum atomic E-state index is 4.52. The molecule has 134 valence electrons. The van der Waals surface area contributed by atoms with E-state index in [-0.39, 0.29) is 0 Å². The number of nitrogens with zero attached hydrogens (tertiary/aromatic N) is 5. The molecule has 1 N–H and O–H groups in total. The predicted molar refractivity (Wildman–Crippen MR) is 102 cm³/mol. The zero-order valence-corrected chi connectivity index (χ0v) is 15.7. The number of piperidine rings is 1. The van der Waals surface area contributed by atoms with Crippen LogP contribution in [-0.4, -0.2) is 83.1 Å². The molecular weight excluding hydrogens is 320 g/mol. The molecule has 1 aromatic heterocycles. The molecule has 0 spiro atoms. The number of aromatic nitrogens is 2. The van der Waals surface area contributed by atoms with Gasteiger partial charge in [0.1, 0.15) is 0 Å². The predicted octanol–water partition coefficient (Wildman–Crippen LogP) is 1.39. The molecule has 2 atom stereocenters. The summed E-state index contributed by atoms with van der Waals surface area (Å²) >= 11 is 2.06. The van der Waals surface area contributed by atoms with Gasteiger partial charge >= 0.3 is 0 Å². The van der Waals surface area contributed by atoms with Crippen LogP contribution in [0.15, 0.2) is 23.7 Å². The minimum atomic E-state index is 0.471. The first-order valence-electron chi connectivity index (χ1n) is 9.01. The lowest BCUT2D eigenvalue weighted by molar-refractivity contribution is 0.188. The number of rotatable bonds is 4. The molecule has 2 aliphatic rings. The highest BCUT2D eigenvalue weighted by Gasteiger charge is 2.28. The number of hydrogen-bond donors (Lipinski definition) is 1. The molecule has 3 rings (SSSR count). The number of likely N-dealkylation sites (tertiary alicyclic amines) is 1. The van der Waals surface area contributed by atoms with E-state index in [0.717, 1.165) is 32.1 Å². The first-order chi connectivity index (χ1) is 11.8. The van der Waals surface area contributed by atoms with E-state index in [4.69, 9.17) is 0 Å². The highest BCUT2D eigenvalue weighted by molar-refractivity contribution is 7.99. The molecule has 0 aromatic carbocycles. The second-order valence-electron chi connectivity index (χ2n) is 6.72. The largest absolute Gasteiger partial charge is 0.355 e. The number of guanidine groups is 1. The molecule has 0 saturated carbocycles. The van der Waals surface area contributed by atoms with Crippen molar-refractivity contribution in [3.05, 3.63) is 18.7 Å². The third-order valence-corrected chi connectivity index (χ3v) is 6.10. The Bertz CT molecular complexity index is 511. The van der Waals surface area contributed by atoms with Gasteiger partial charge in [-0.05, 0) is 12.3 Å². The van der Waals surface area contributed by atoms with Crippen LogP contribution < -0.4 is 5.32 Å². The van der Waals surface area contributed by atoms with Gasteiger partial charge in [-0.15, -0.1) is 0 Å². The summed E-state index contributed by atoms with van der Waals surface area (Å²) in [5, 5.41) is 3.57. The number of nitrogens with one attached hydrogen (secondary N) is 1. The van der Waals surface area contributed by atoms with Gasteiger partial charge in [0.2, 0.25) is 0 Å². The average molecular weight is 351 g/mol. The van der Waals surface area contributed by atoms with Gasteiger partial charge in [0.25, 0.3) is 0 Å². The minimum Gasteiger partial charge on any atom is -0.355 e. The van der Waals surface area contributed by atoms with Crippen LogP contribution in [0.2, 0.25) is 0 Å². The van der Waals surface area contributed by atoms with Crippen molar-refractivity contribution in [1.29, 1.82) is 0 Å². The molecule has 0 amide bonds. The molecule has 2 saturated heterocycles. The van der Waals surface area contributed by atoms with Crippen LogP contribution in [-0.2, 0) is 0 Å². The Hall–Kier alpha value is -1.21. The smallest absolute Gasteiger partial charge is 0.193 e. The number of imidazole rings is 1. The van der Waals surface area contributed by atoms with E-state index in [9.17, 15) is 0 Å². The lowest BCUT2D eigenvalue weighted by atomic mass is 9.93. The topological polar surface area (TPSA) is 48.7 Å². The first kappa shape index (κ1) is 17.6. The second-order valence-corrected chi connectivity index (χ2v) is 7.94. The van der Waals surface area contributed by atoms with Crippen molar-refractivity contribution in [2.45, 2.75) is 19.4 Å². The molecule has 2 fully saturated rings. The zero-order valence-electron chi connectivity index (χ0n) is 14.9. The quantitative estimate of drug-likeness (QED) is 0.657. The van der Waals surface area contributed by atoms with Crippen molar-refractivity contribution < 1.29 is 0 Å². The summed E-state index contributed by atoms with van der Waals surface area (Å²) in [6.07, 6.45) is 7.08. The third kappa shape index (κ3) is 4.45. The van der Waals surface area contributed by atoms with Crippen molar-refractivity contribution >= 4 is 17.7 Å². The van der Waals surface area contributed by atoms with Gasteiger partial charge in [-0.3, -0.25) is 9.89 Å². The van der Waals surface area contributed by atoms with Crippen LogP contribution in [0.4, 0.5) is 0 Å². The van der Waals surface area contributed by atoms with E-state index in [1.165, 1.54) is 31.0 Å². The summed E-state index contributed by atoms with van der Waals surface area (Å²) in [4.78, 5) is 13.7. The maximum Gasteiger partial charge on any atom is 0.193 e. The lowest BCUT2D eigenvalue weighted by Crippen LogP contribution is -2.50. The molecule has 24 heavy (non-hydrogen) atoms. The Morgan fingerprint density at radius 1 is 1.33 bits per heavy atom. The maximum absolute atomic E-state index is 4.52. The summed E-state index contributed by atoms with van der Waals surface area (Å²) in [5.74, 6) is 4.24. The van der Waals surface area contributed by atoms with Crippen LogP contribution in [0.1, 0.15) is 19.4 Å². The van der Waals surface area contributed by atoms with Gasteiger partial charge in [0, 0.05) is 70.2 Å². The van der Waals surface area contributed by atoms with E-state index in [1.807, 2.05) is 19.6 Å². The van der Waals surface area contributed by atoms with Crippen LogP contribution in [0.25, 0.3) is 0 Å².